The van der Waals surface area contributed by atoms with Crippen molar-refractivity contribution in [3.05, 3.63) is 36.3 Å². The zero-order valence-corrected chi connectivity index (χ0v) is 21.1. The lowest BCUT2D eigenvalue weighted by Gasteiger charge is -2.58. The fourth-order valence-electron chi connectivity index (χ4n) is 6.78. The number of amides is 3. The maximum absolute atomic E-state index is 13.6. The normalized spacial score (nSPS) is 29.0. The van der Waals surface area contributed by atoms with Gasteiger partial charge >= 0.3 is 0 Å². The third kappa shape index (κ3) is 4.33. The molecule has 0 aromatic carbocycles. The molecule has 6 rings (SSSR count). The van der Waals surface area contributed by atoms with Crippen LogP contribution in [0, 0.1) is 23.2 Å². The molecule has 3 amide bonds. The molecule has 36 heavy (non-hydrogen) atoms. The van der Waals surface area contributed by atoms with Crippen LogP contribution >= 0.6 is 0 Å². The maximum Gasteiger partial charge on any atom is 0.257 e. The Hall–Kier alpha value is -3.43. The van der Waals surface area contributed by atoms with E-state index in [2.05, 4.69) is 20.8 Å². The van der Waals surface area contributed by atoms with E-state index in [-0.39, 0.29) is 35.6 Å². The molecule has 4 fully saturated rings. The van der Waals surface area contributed by atoms with Gasteiger partial charge in [-0.1, -0.05) is 6.92 Å². The summed E-state index contributed by atoms with van der Waals surface area (Å²) < 4.78 is 3.21. The van der Waals surface area contributed by atoms with Crippen molar-refractivity contribution < 1.29 is 14.4 Å². The molecule has 4 saturated carbocycles. The molecule has 4 N–H and O–H groups in total. The van der Waals surface area contributed by atoms with Crippen molar-refractivity contribution in [2.45, 2.75) is 70.9 Å². The van der Waals surface area contributed by atoms with Gasteiger partial charge in [-0.25, -0.2) is 9.36 Å². The van der Waals surface area contributed by atoms with Gasteiger partial charge in [0.15, 0.2) is 5.82 Å². The van der Waals surface area contributed by atoms with E-state index in [1.165, 1.54) is 0 Å². The van der Waals surface area contributed by atoms with Crippen LogP contribution in [0.25, 0.3) is 12.0 Å². The Bertz CT molecular complexity index is 1180. The number of carbonyl (C=O) groups is 3. The first-order valence-corrected chi connectivity index (χ1v) is 12.8. The number of rotatable bonds is 8. The van der Waals surface area contributed by atoms with Gasteiger partial charge in [0.05, 0.1) is 11.7 Å². The zero-order valence-electron chi connectivity index (χ0n) is 21.1. The Morgan fingerprint density at radius 3 is 2.53 bits per heavy atom. The summed E-state index contributed by atoms with van der Waals surface area (Å²) in [7, 11) is 0. The Morgan fingerprint density at radius 1 is 1.19 bits per heavy atom. The number of hydrogen-bond acceptors (Lipinski definition) is 5. The van der Waals surface area contributed by atoms with Crippen LogP contribution in [0.3, 0.4) is 0 Å². The molecule has 4 aliphatic rings. The van der Waals surface area contributed by atoms with Crippen LogP contribution in [0.2, 0.25) is 0 Å². The highest BCUT2D eigenvalue weighted by molar-refractivity contribution is 5.97. The van der Waals surface area contributed by atoms with Crippen LogP contribution in [0.5, 0.6) is 0 Å². The molecule has 0 radical (unpaired) electrons. The van der Waals surface area contributed by atoms with Crippen molar-refractivity contribution in [2.24, 2.45) is 28.9 Å². The third-order valence-electron chi connectivity index (χ3n) is 8.24. The van der Waals surface area contributed by atoms with Crippen molar-refractivity contribution in [1.82, 2.24) is 30.2 Å². The van der Waals surface area contributed by atoms with Crippen molar-refractivity contribution in [2.75, 3.05) is 0 Å². The summed E-state index contributed by atoms with van der Waals surface area (Å²) in [6, 6.07) is 1.81. The van der Waals surface area contributed by atoms with E-state index in [0.717, 1.165) is 32.1 Å². The summed E-state index contributed by atoms with van der Waals surface area (Å²) in [4.78, 5) is 37.7. The number of primary amides is 1. The van der Waals surface area contributed by atoms with E-state index in [4.69, 9.17) is 5.73 Å². The highest BCUT2D eigenvalue weighted by atomic mass is 16.2. The molecule has 0 spiro atoms. The number of hydrogen-bond donors (Lipinski definition) is 3. The molecule has 0 aliphatic heterocycles. The predicted molar refractivity (Wildman–Crippen MR) is 134 cm³/mol. The van der Waals surface area contributed by atoms with Crippen LogP contribution < -0.4 is 16.4 Å². The summed E-state index contributed by atoms with van der Waals surface area (Å²) in [5.74, 6) is 1.13. The van der Waals surface area contributed by atoms with E-state index in [1.807, 2.05) is 19.9 Å². The molecular weight excluding hydrogens is 458 g/mol. The second kappa shape index (κ2) is 8.90. The van der Waals surface area contributed by atoms with E-state index in [9.17, 15) is 14.4 Å². The number of aromatic nitrogens is 4. The second-order valence-electron chi connectivity index (χ2n) is 11.3. The van der Waals surface area contributed by atoms with Crippen LogP contribution in [-0.4, -0.2) is 48.9 Å². The maximum atomic E-state index is 13.6. The number of nitrogens with one attached hydrogen (secondary N) is 2. The lowest BCUT2D eigenvalue weighted by atomic mass is 9.47. The van der Waals surface area contributed by atoms with Gasteiger partial charge in [-0.15, -0.1) is 0 Å². The fourth-order valence-corrected chi connectivity index (χ4v) is 6.78. The van der Waals surface area contributed by atoms with Crippen molar-refractivity contribution in [3.8, 4) is 5.82 Å². The number of nitrogens with zero attached hydrogens (tertiary/aromatic N) is 4. The van der Waals surface area contributed by atoms with E-state index in [1.54, 1.807) is 47.1 Å². The van der Waals surface area contributed by atoms with E-state index >= 15 is 0 Å². The first-order chi connectivity index (χ1) is 17.1. The third-order valence-corrected chi connectivity index (χ3v) is 8.24. The standard InChI is InChI=1S/C26H35N7O3/c1-4-20(34)31-25(2,3)6-9-33-23(32-8-5-7-28-32)19(15-29-33)22(35)30-21-17-10-16-11-18(21)14-26(12-16,13-17)24(27)36/h5-9,15-18,21H,4,10-14H2,1-3H3,(H2,27,36)(H,30,35)(H,31,34)/b9-6+/t16?,17?,18?,21-,26-. The predicted octanol–water partition coefficient (Wildman–Crippen LogP) is 2.25. The van der Waals surface area contributed by atoms with Gasteiger partial charge in [-0.3, -0.25) is 14.4 Å². The lowest BCUT2D eigenvalue weighted by Crippen LogP contribution is -2.62. The molecule has 4 bridgehead atoms. The Morgan fingerprint density at radius 2 is 1.92 bits per heavy atom. The Kier molecular flexibility index (Phi) is 6.00. The summed E-state index contributed by atoms with van der Waals surface area (Å²) in [5.41, 5.74) is 5.24. The van der Waals surface area contributed by atoms with Gasteiger partial charge in [-0.2, -0.15) is 10.2 Å². The fraction of sp³-hybridized carbons (Fsp3) is 0.577. The summed E-state index contributed by atoms with van der Waals surface area (Å²) in [6.45, 7) is 5.60. The second-order valence-corrected chi connectivity index (χ2v) is 11.3. The van der Waals surface area contributed by atoms with Gasteiger partial charge < -0.3 is 16.4 Å². The summed E-state index contributed by atoms with van der Waals surface area (Å²) >= 11 is 0. The minimum Gasteiger partial charge on any atom is -0.369 e. The van der Waals surface area contributed by atoms with Gasteiger partial charge in [0.25, 0.3) is 5.91 Å². The molecular formula is C26H35N7O3. The van der Waals surface area contributed by atoms with E-state index < -0.39 is 11.0 Å². The van der Waals surface area contributed by atoms with Crippen LogP contribution in [-0.2, 0) is 9.59 Å². The van der Waals surface area contributed by atoms with Crippen molar-refractivity contribution >= 4 is 23.9 Å². The smallest absolute Gasteiger partial charge is 0.257 e. The van der Waals surface area contributed by atoms with Crippen LogP contribution in [0.1, 0.15) is 69.7 Å². The quantitative estimate of drug-likeness (QED) is 0.518. The van der Waals surface area contributed by atoms with Crippen molar-refractivity contribution in [1.29, 1.82) is 0 Å². The monoisotopic (exact) mass is 493 g/mol. The Balaban J connectivity index is 1.39. The molecule has 2 aromatic rings. The molecule has 192 valence electrons. The molecule has 10 heteroatoms. The molecule has 4 aliphatic carbocycles. The molecule has 2 atom stereocenters. The first-order valence-electron chi connectivity index (χ1n) is 12.8. The highest BCUT2D eigenvalue weighted by Gasteiger charge is 2.58. The zero-order chi connectivity index (χ0) is 25.7. The van der Waals surface area contributed by atoms with Crippen LogP contribution in [0.15, 0.2) is 30.7 Å². The largest absolute Gasteiger partial charge is 0.369 e. The SMILES string of the molecule is CCC(=O)NC(C)(C)/C=C/n1ncc(C(=O)N[C@H]2C3CC4CC2C[C@](C(N)=O)(C4)C3)c1-n1cccn1. The molecule has 10 nitrogen and oxygen atoms in total. The number of nitrogens with two attached hydrogens (primary N) is 1. The van der Waals surface area contributed by atoms with Gasteiger partial charge in [-0.05, 0) is 75.8 Å². The van der Waals surface area contributed by atoms with E-state index in [0.29, 0.717) is 23.7 Å². The minimum atomic E-state index is -0.598. The summed E-state index contributed by atoms with van der Waals surface area (Å²) in [5, 5.41) is 15.0. The average molecular weight is 494 g/mol. The van der Waals surface area contributed by atoms with Gasteiger partial charge in [0.1, 0.15) is 5.56 Å². The topological polar surface area (TPSA) is 137 Å². The minimum absolute atomic E-state index is 0.0223. The van der Waals surface area contributed by atoms with Crippen molar-refractivity contribution in [3.63, 3.8) is 0 Å². The average Bonchev–Trinajstić information content (AvgIpc) is 3.48. The lowest BCUT2D eigenvalue weighted by molar-refractivity contribution is -0.145. The Labute approximate surface area is 210 Å². The molecule has 2 heterocycles. The van der Waals surface area contributed by atoms with Gasteiger partial charge in [0, 0.05) is 36.5 Å². The molecule has 2 unspecified atom stereocenters. The number of carbonyl (C=O) groups excluding carboxylic acids is 3. The van der Waals surface area contributed by atoms with Crippen LogP contribution in [0.4, 0.5) is 0 Å². The summed E-state index contributed by atoms with van der Waals surface area (Å²) in [6.07, 6.45) is 13.4. The highest BCUT2D eigenvalue weighted by Crippen LogP contribution is 2.59. The van der Waals surface area contributed by atoms with Gasteiger partial charge in [0.2, 0.25) is 11.8 Å². The molecule has 2 aromatic heterocycles. The first kappa shape index (κ1) is 24.3. The molecule has 0 saturated heterocycles.